The van der Waals surface area contributed by atoms with Crippen molar-refractivity contribution < 1.29 is 0 Å². The van der Waals surface area contributed by atoms with E-state index in [4.69, 9.17) is 23.0 Å². The number of nitrogens with zero attached hydrogens (tertiary/aromatic N) is 3. The normalized spacial score (nSPS) is 10.3. The van der Waals surface area contributed by atoms with Crippen LogP contribution in [0.25, 0.3) is 11.4 Å². The van der Waals surface area contributed by atoms with Gasteiger partial charge in [-0.25, -0.2) is 0 Å². The molecular formula is C9H10N6S. The van der Waals surface area contributed by atoms with Gasteiger partial charge in [0, 0.05) is 18.8 Å². The molecule has 0 aliphatic rings. The second-order valence-corrected chi connectivity index (χ2v) is 3.64. The Kier molecular flexibility index (Phi) is 2.53. The van der Waals surface area contributed by atoms with Crippen molar-refractivity contribution in [3.05, 3.63) is 28.6 Å². The molecule has 6 nitrogen and oxygen atoms in total. The molecular weight excluding hydrogens is 224 g/mol. The van der Waals surface area contributed by atoms with Crippen LogP contribution in [0.2, 0.25) is 0 Å². The van der Waals surface area contributed by atoms with Gasteiger partial charge in [0.05, 0.1) is 6.34 Å². The molecule has 3 N–H and O–H groups in total. The summed E-state index contributed by atoms with van der Waals surface area (Å²) in [5.74, 6) is 0.681. The number of aromatic nitrogens is 4. The number of hydrogen-bond acceptors (Lipinski definition) is 4. The van der Waals surface area contributed by atoms with Crippen molar-refractivity contribution in [2.45, 2.75) is 0 Å². The highest BCUT2D eigenvalue weighted by atomic mass is 32.1. The summed E-state index contributed by atoms with van der Waals surface area (Å²) in [7, 11) is 1.81. The minimum absolute atomic E-state index is 0.246. The van der Waals surface area contributed by atoms with E-state index in [9.17, 15) is 0 Å². The molecule has 0 aromatic carbocycles. The highest BCUT2D eigenvalue weighted by Gasteiger charge is 2.05. The van der Waals surface area contributed by atoms with Gasteiger partial charge >= 0.3 is 0 Å². The Hall–Kier alpha value is -2.02. The quantitative estimate of drug-likeness (QED) is 0.409. The molecule has 0 spiro atoms. The van der Waals surface area contributed by atoms with Crippen molar-refractivity contribution in [1.29, 1.82) is 10.8 Å². The van der Waals surface area contributed by atoms with Crippen LogP contribution in [-0.2, 0) is 7.05 Å². The lowest BCUT2D eigenvalue weighted by molar-refractivity contribution is 0.897. The number of pyridine rings is 1. The number of hydrogen-bond donors (Lipinski definition) is 3. The maximum absolute atomic E-state index is 7.54. The maximum Gasteiger partial charge on any atom is 0.195 e. The Bertz CT molecular complexity index is 647. The zero-order valence-electron chi connectivity index (χ0n) is 8.56. The van der Waals surface area contributed by atoms with Crippen molar-refractivity contribution >= 4 is 18.6 Å². The van der Waals surface area contributed by atoms with Crippen LogP contribution >= 0.6 is 12.2 Å². The molecule has 7 heteroatoms. The minimum atomic E-state index is 0.246. The van der Waals surface area contributed by atoms with E-state index in [2.05, 4.69) is 10.2 Å². The molecule has 2 rings (SSSR count). The number of aromatic amines is 1. The Morgan fingerprint density at radius 2 is 2.25 bits per heavy atom. The SMILES string of the molecule is Cn1c(-c2ccc(=N)n(C=N)c2)n[nH]c1=S. The van der Waals surface area contributed by atoms with Crippen molar-refractivity contribution in [2.24, 2.45) is 7.05 Å². The van der Waals surface area contributed by atoms with Crippen molar-refractivity contribution in [2.75, 3.05) is 0 Å². The van der Waals surface area contributed by atoms with Crippen LogP contribution in [0.4, 0.5) is 0 Å². The van der Waals surface area contributed by atoms with Gasteiger partial charge < -0.3 is 4.57 Å². The van der Waals surface area contributed by atoms with Crippen molar-refractivity contribution in [1.82, 2.24) is 19.3 Å². The summed E-state index contributed by atoms with van der Waals surface area (Å²) in [5.41, 5.74) is 1.05. The van der Waals surface area contributed by atoms with Gasteiger partial charge in [-0.3, -0.25) is 20.5 Å². The van der Waals surface area contributed by atoms with Gasteiger partial charge in [0.1, 0.15) is 5.49 Å². The minimum Gasteiger partial charge on any atom is -0.303 e. The zero-order chi connectivity index (χ0) is 11.7. The standard InChI is InChI=1S/C9H10N6S/c1-14-8(12-13-9(14)16)6-2-3-7(11)15(4-6)5-10/h2-5,10-11H,1H3,(H,13,16). The lowest BCUT2D eigenvalue weighted by Gasteiger charge is -2.03. The predicted molar refractivity (Wildman–Crippen MR) is 61.9 cm³/mol. The first kappa shape index (κ1) is 10.5. The second-order valence-electron chi connectivity index (χ2n) is 3.25. The summed E-state index contributed by atoms with van der Waals surface area (Å²) in [6.45, 7) is 0. The first-order chi connectivity index (χ1) is 7.63. The van der Waals surface area contributed by atoms with Crippen LogP contribution in [0.15, 0.2) is 18.3 Å². The van der Waals surface area contributed by atoms with Gasteiger partial charge in [0.25, 0.3) is 0 Å². The Balaban J connectivity index is 2.66. The van der Waals surface area contributed by atoms with Crippen LogP contribution < -0.4 is 5.49 Å². The number of nitrogens with one attached hydrogen (secondary N) is 3. The second kappa shape index (κ2) is 3.86. The smallest absolute Gasteiger partial charge is 0.195 e. The van der Waals surface area contributed by atoms with Gasteiger partial charge in [0.15, 0.2) is 10.6 Å². The van der Waals surface area contributed by atoms with Crippen LogP contribution in [-0.4, -0.2) is 25.7 Å². The molecule has 0 aliphatic carbocycles. The highest BCUT2D eigenvalue weighted by molar-refractivity contribution is 7.71. The number of rotatable bonds is 2. The first-order valence-electron chi connectivity index (χ1n) is 4.52. The average Bonchev–Trinajstić information content (AvgIpc) is 2.61. The molecule has 0 amide bonds. The summed E-state index contributed by atoms with van der Waals surface area (Å²) in [6.07, 6.45) is 2.74. The third-order valence-corrected chi connectivity index (χ3v) is 2.62. The van der Waals surface area contributed by atoms with E-state index in [0.717, 1.165) is 11.9 Å². The molecule has 2 heterocycles. The summed E-state index contributed by atoms with van der Waals surface area (Å²) < 4.78 is 3.67. The van der Waals surface area contributed by atoms with Gasteiger partial charge in [-0.1, -0.05) is 0 Å². The van der Waals surface area contributed by atoms with E-state index in [1.54, 1.807) is 22.9 Å². The predicted octanol–water partition coefficient (Wildman–Crippen LogP) is 0.881. The average molecular weight is 234 g/mol. The molecule has 0 aliphatic heterocycles. The number of H-pyrrole nitrogens is 1. The topological polar surface area (TPSA) is 86.2 Å². The fourth-order valence-corrected chi connectivity index (χ4v) is 1.49. The zero-order valence-corrected chi connectivity index (χ0v) is 9.38. The van der Waals surface area contributed by atoms with Crippen LogP contribution in [0, 0.1) is 15.6 Å². The monoisotopic (exact) mass is 234 g/mol. The molecule has 82 valence electrons. The van der Waals surface area contributed by atoms with E-state index in [0.29, 0.717) is 10.6 Å². The molecule has 0 fully saturated rings. The lowest BCUT2D eigenvalue weighted by Crippen LogP contribution is -2.17. The van der Waals surface area contributed by atoms with E-state index in [1.165, 1.54) is 4.57 Å². The molecule has 0 saturated carbocycles. The Morgan fingerprint density at radius 3 is 2.81 bits per heavy atom. The molecule has 0 atom stereocenters. The van der Waals surface area contributed by atoms with E-state index < -0.39 is 0 Å². The van der Waals surface area contributed by atoms with Crippen LogP contribution in [0.3, 0.4) is 0 Å². The van der Waals surface area contributed by atoms with Gasteiger partial charge in [-0.2, -0.15) is 5.10 Å². The van der Waals surface area contributed by atoms with Gasteiger partial charge in [0.2, 0.25) is 0 Å². The summed E-state index contributed by atoms with van der Waals surface area (Å²) >= 11 is 5.02. The molecule has 16 heavy (non-hydrogen) atoms. The fraction of sp³-hybridized carbons (Fsp3) is 0.111. The molecule has 0 radical (unpaired) electrons. The Labute approximate surface area is 96.2 Å². The summed E-state index contributed by atoms with van der Waals surface area (Å²) in [5, 5.41) is 21.5. The molecule has 0 saturated heterocycles. The fourth-order valence-electron chi connectivity index (χ4n) is 1.36. The lowest BCUT2D eigenvalue weighted by atomic mass is 10.2. The molecule has 2 aromatic heterocycles. The third-order valence-electron chi connectivity index (χ3n) is 2.25. The molecule has 0 unspecified atom stereocenters. The van der Waals surface area contributed by atoms with Gasteiger partial charge in [-0.15, -0.1) is 0 Å². The Morgan fingerprint density at radius 1 is 1.50 bits per heavy atom. The summed E-state index contributed by atoms with van der Waals surface area (Å²) in [6, 6.07) is 3.38. The van der Waals surface area contributed by atoms with E-state index in [-0.39, 0.29) is 5.49 Å². The largest absolute Gasteiger partial charge is 0.303 e. The van der Waals surface area contributed by atoms with Crippen molar-refractivity contribution in [3.8, 4) is 11.4 Å². The summed E-state index contributed by atoms with van der Waals surface area (Å²) in [4.78, 5) is 0. The first-order valence-corrected chi connectivity index (χ1v) is 4.93. The molecule has 0 bridgehead atoms. The highest BCUT2D eigenvalue weighted by Crippen LogP contribution is 2.13. The van der Waals surface area contributed by atoms with Crippen molar-refractivity contribution in [3.63, 3.8) is 0 Å². The van der Waals surface area contributed by atoms with Crippen LogP contribution in [0.5, 0.6) is 0 Å². The van der Waals surface area contributed by atoms with E-state index in [1.807, 2.05) is 7.05 Å². The van der Waals surface area contributed by atoms with Crippen LogP contribution in [0.1, 0.15) is 0 Å². The maximum atomic E-state index is 7.54. The third kappa shape index (κ3) is 1.61. The van der Waals surface area contributed by atoms with Gasteiger partial charge in [-0.05, 0) is 24.4 Å². The van der Waals surface area contributed by atoms with E-state index >= 15 is 0 Å². The molecule has 2 aromatic rings.